The highest BCUT2D eigenvalue weighted by Gasteiger charge is 2.28. The van der Waals surface area contributed by atoms with E-state index in [9.17, 15) is 4.79 Å². The van der Waals surface area contributed by atoms with E-state index in [1.807, 2.05) is 11.9 Å². The number of nitrogens with one attached hydrogen (secondary N) is 1. The number of hydrogen-bond donors (Lipinski definition) is 1. The van der Waals surface area contributed by atoms with Gasteiger partial charge in [0.25, 0.3) is 0 Å². The van der Waals surface area contributed by atoms with Crippen LogP contribution in [0.5, 0.6) is 0 Å². The van der Waals surface area contributed by atoms with Gasteiger partial charge >= 0.3 is 0 Å². The van der Waals surface area contributed by atoms with Gasteiger partial charge in [-0.25, -0.2) is 0 Å². The van der Waals surface area contributed by atoms with E-state index < -0.39 is 0 Å². The standard InChI is InChI=1S/C14H26N2O/c1-11-6-5-9-15-13(11)10-14(17)16(2)12-7-3-4-8-12/h11-13,15H,3-10H2,1-2H3. The van der Waals surface area contributed by atoms with Crippen LogP contribution in [0.3, 0.4) is 0 Å². The number of carbonyl (C=O) groups excluding carboxylic acids is 1. The van der Waals surface area contributed by atoms with Crippen LogP contribution in [0.2, 0.25) is 0 Å². The fourth-order valence-electron chi connectivity index (χ4n) is 3.21. The fraction of sp³-hybridized carbons (Fsp3) is 0.929. The highest BCUT2D eigenvalue weighted by Crippen LogP contribution is 2.24. The van der Waals surface area contributed by atoms with Gasteiger partial charge in [-0.2, -0.15) is 0 Å². The van der Waals surface area contributed by atoms with E-state index in [1.54, 1.807) is 0 Å². The van der Waals surface area contributed by atoms with E-state index in [2.05, 4.69) is 12.2 Å². The molecule has 2 atom stereocenters. The van der Waals surface area contributed by atoms with E-state index >= 15 is 0 Å². The maximum atomic E-state index is 12.2. The molecule has 17 heavy (non-hydrogen) atoms. The number of carbonyl (C=O) groups is 1. The second-order valence-corrected chi connectivity index (χ2v) is 5.83. The normalized spacial score (nSPS) is 30.5. The van der Waals surface area contributed by atoms with Crippen molar-refractivity contribution in [2.75, 3.05) is 13.6 Å². The lowest BCUT2D eigenvalue weighted by atomic mass is 9.90. The van der Waals surface area contributed by atoms with Crippen molar-refractivity contribution in [3.63, 3.8) is 0 Å². The van der Waals surface area contributed by atoms with Crippen LogP contribution in [0.15, 0.2) is 0 Å². The lowest BCUT2D eigenvalue weighted by Gasteiger charge is -2.32. The first kappa shape index (κ1) is 12.9. The summed E-state index contributed by atoms with van der Waals surface area (Å²) in [5.41, 5.74) is 0. The Balaban J connectivity index is 1.82. The topological polar surface area (TPSA) is 32.3 Å². The number of hydrogen-bond acceptors (Lipinski definition) is 2. The van der Waals surface area contributed by atoms with Gasteiger partial charge in [-0.3, -0.25) is 4.79 Å². The molecule has 2 rings (SSSR count). The third-order valence-corrected chi connectivity index (χ3v) is 4.59. The predicted octanol–water partition coefficient (Wildman–Crippen LogP) is 2.17. The van der Waals surface area contributed by atoms with Crippen LogP contribution in [-0.4, -0.2) is 36.5 Å². The van der Waals surface area contributed by atoms with Gasteiger partial charge in [-0.15, -0.1) is 0 Å². The first-order valence-electron chi connectivity index (χ1n) is 7.17. The number of piperidine rings is 1. The van der Waals surface area contributed by atoms with E-state index in [-0.39, 0.29) is 0 Å². The molecule has 0 aromatic heterocycles. The summed E-state index contributed by atoms with van der Waals surface area (Å²) in [4.78, 5) is 14.2. The number of rotatable bonds is 3. The Hall–Kier alpha value is -0.570. The molecule has 0 bridgehead atoms. The molecule has 0 spiro atoms. The zero-order valence-corrected chi connectivity index (χ0v) is 11.2. The van der Waals surface area contributed by atoms with Crippen molar-refractivity contribution in [2.45, 2.75) is 64.0 Å². The number of nitrogens with zero attached hydrogens (tertiary/aromatic N) is 1. The third-order valence-electron chi connectivity index (χ3n) is 4.59. The van der Waals surface area contributed by atoms with Gasteiger partial charge < -0.3 is 10.2 Å². The highest BCUT2D eigenvalue weighted by atomic mass is 16.2. The van der Waals surface area contributed by atoms with Crippen LogP contribution in [0.1, 0.15) is 51.9 Å². The van der Waals surface area contributed by atoms with Crippen LogP contribution in [0.4, 0.5) is 0 Å². The molecule has 1 aliphatic carbocycles. The molecule has 0 radical (unpaired) electrons. The number of amides is 1. The van der Waals surface area contributed by atoms with Crippen molar-refractivity contribution in [3.8, 4) is 0 Å². The molecule has 0 aromatic carbocycles. The van der Waals surface area contributed by atoms with Crippen LogP contribution in [-0.2, 0) is 4.79 Å². The minimum absolute atomic E-state index is 0.336. The van der Waals surface area contributed by atoms with Gasteiger partial charge in [-0.1, -0.05) is 19.8 Å². The van der Waals surface area contributed by atoms with Gasteiger partial charge in [0.2, 0.25) is 5.91 Å². The molecule has 2 unspecified atom stereocenters. The van der Waals surface area contributed by atoms with Gasteiger partial charge in [0, 0.05) is 25.6 Å². The van der Waals surface area contributed by atoms with Crippen molar-refractivity contribution >= 4 is 5.91 Å². The smallest absolute Gasteiger partial charge is 0.224 e. The van der Waals surface area contributed by atoms with E-state index in [0.29, 0.717) is 30.3 Å². The Morgan fingerprint density at radius 1 is 1.24 bits per heavy atom. The molecule has 0 aromatic rings. The Bertz CT molecular complexity index is 261. The molecule has 98 valence electrons. The quantitative estimate of drug-likeness (QED) is 0.817. The van der Waals surface area contributed by atoms with Gasteiger partial charge in [-0.05, 0) is 38.1 Å². The molecule has 1 heterocycles. The molecular weight excluding hydrogens is 212 g/mol. The molecule has 2 aliphatic rings. The summed E-state index contributed by atoms with van der Waals surface area (Å²) >= 11 is 0. The molecular formula is C14H26N2O. The Kier molecular flexibility index (Phi) is 4.43. The molecule has 1 aliphatic heterocycles. The summed E-state index contributed by atoms with van der Waals surface area (Å²) in [6.07, 6.45) is 8.20. The summed E-state index contributed by atoms with van der Waals surface area (Å²) in [6, 6.07) is 0.918. The van der Waals surface area contributed by atoms with Gasteiger partial charge in [0.05, 0.1) is 0 Å². The average molecular weight is 238 g/mol. The third kappa shape index (κ3) is 3.21. The van der Waals surface area contributed by atoms with Gasteiger partial charge in [0.15, 0.2) is 0 Å². The average Bonchev–Trinajstić information content (AvgIpc) is 2.84. The maximum absolute atomic E-state index is 12.2. The molecule has 2 fully saturated rings. The zero-order valence-electron chi connectivity index (χ0n) is 11.2. The first-order chi connectivity index (χ1) is 8.18. The van der Waals surface area contributed by atoms with Crippen LogP contribution >= 0.6 is 0 Å². The monoisotopic (exact) mass is 238 g/mol. The van der Waals surface area contributed by atoms with Crippen LogP contribution in [0.25, 0.3) is 0 Å². The van der Waals surface area contributed by atoms with Crippen molar-refractivity contribution in [3.05, 3.63) is 0 Å². The van der Waals surface area contributed by atoms with Crippen LogP contribution < -0.4 is 5.32 Å². The molecule has 3 nitrogen and oxygen atoms in total. The Morgan fingerprint density at radius 3 is 2.59 bits per heavy atom. The lowest BCUT2D eigenvalue weighted by Crippen LogP contribution is -2.45. The van der Waals surface area contributed by atoms with Gasteiger partial charge in [0.1, 0.15) is 0 Å². The predicted molar refractivity (Wildman–Crippen MR) is 69.8 cm³/mol. The van der Waals surface area contributed by atoms with Crippen molar-refractivity contribution < 1.29 is 4.79 Å². The second-order valence-electron chi connectivity index (χ2n) is 5.83. The summed E-state index contributed by atoms with van der Waals surface area (Å²) < 4.78 is 0. The SMILES string of the molecule is CC1CCCNC1CC(=O)N(C)C1CCCC1. The summed E-state index contributed by atoms with van der Waals surface area (Å²) in [5, 5.41) is 3.50. The largest absolute Gasteiger partial charge is 0.343 e. The fourth-order valence-corrected chi connectivity index (χ4v) is 3.21. The molecule has 1 amide bonds. The van der Waals surface area contributed by atoms with Crippen molar-refractivity contribution in [1.82, 2.24) is 10.2 Å². The molecule has 1 N–H and O–H groups in total. The molecule has 1 saturated heterocycles. The molecule has 3 heteroatoms. The van der Waals surface area contributed by atoms with E-state index in [0.717, 1.165) is 6.54 Å². The van der Waals surface area contributed by atoms with Crippen LogP contribution in [0, 0.1) is 5.92 Å². The van der Waals surface area contributed by atoms with Crippen molar-refractivity contribution in [2.24, 2.45) is 5.92 Å². The van der Waals surface area contributed by atoms with E-state index in [1.165, 1.54) is 38.5 Å². The second kappa shape index (κ2) is 5.85. The highest BCUT2D eigenvalue weighted by molar-refractivity contribution is 5.77. The van der Waals surface area contributed by atoms with E-state index in [4.69, 9.17) is 0 Å². The summed E-state index contributed by atoms with van der Waals surface area (Å²) in [5.74, 6) is 0.979. The Morgan fingerprint density at radius 2 is 1.94 bits per heavy atom. The Labute approximate surface area is 105 Å². The summed E-state index contributed by atoms with van der Waals surface area (Å²) in [7, 11) is 1.99. The zero-order chi connectivity index (χ0) is 12.3. The minimum atomic E-state index is 0.336. The lowest BCUT2D eigenvalue weighted by molar-refractivity contribution is -0.132. The minimum Gasteiger partial charge on any atom is -0.343 e. The first-order valence-corrected chi connectivity index (χ1v) is 7.17. The molecule has 1 saturated carbocycles. The maximum Gasteiger partial charge on any atom is 0.224 e. The van der Waals surface area contributed by atoms with Crippen molar-refractivity contribution in [1.29, 1.82) is 0 Å². The summed E-state index contributed by atoms with van der Waals surface area (Å²) in [6.45, 7) is 3.34.